The molecule has 1 aromatic heterocycles. The van der Waals surface area contributed by atoms with E-state index in [2.05, 4.69) is 24.2 Å². The molecule has 1 aromatic rings. The van der Waals surface area contributed by atoms with Gasteiger partial charge in [0.15, 0.2) is 5.96 Å². The van der Waals surface area contributed by atoms with E-state index >= 15 is 0 Å². The Morgan fingerprint density at radius 3 is 2.78 bits per heavy atom. The van der Waals surface area contributed by atoms with Crippen molar-refractivity contribution in [1.82, 2.24) is 9.88 Å². The maximum absolute atomic E-state index is 11.9. The van der Waals surface area contributed by atoms with E-state index < -0.39 is 0 Å². The van der Waals surface area contributed by atoms with E-state index in [4.69, 9.17) is 5.73 Å². The molecular weight excluding hydrogens is 228 g/mol. The predicted molar refractivity (Wildman–Crippen MR) is 74.6 cm³/mol. The van der Waals surface area contributed by atoms with Gasteiger partial charge in [0, 0.05) is 24.8 Å². The minimum atomic E-state index is -0.0181. The van der Waals surface area contributed by atoms with Crippen molar-refractivity contribution >= 4 is 5.96 Å². The van der Waals surface area contributed by atoms with Crippen molar-refractivity contribution in [2.45, 2.75) is 27.3 Å². The highest BCUT2D eigenvalue weighted by molar-refractivity contribution is 5.77. The van der Waals surface area contributed by atoms with E-state index in [0.29, 0.717) is 24.0 Å². The van der Waals surface area contributed by atoms with Gasteiger partial charge in [0.2, 0.25) is 0 Å². The van der Waals surface area contributed by atoms with E-state index in [1.165, 1.54) is 0 Å². The van der Waals surface area contributed by atoms with Crippen molar-refractivity contribution in [3.8, 4) is 0 Å². The lowest BCUT2D eigenvalue weighted by atomic mass is 10.2. The number of guanidine groups is 1. The first-order valence-corrected chi connectivity index (χ1v) is 6.11. The third-order valence-corrected chi connectivity index (χ3v) is 2.75. The lowest BCUT2D eigenvalue weighted by Crippen LogP contribution is -2.34. The monoisotopic (exact) mass is 250 g/mol. The maximum Gasteiger partial charge on any atom is 0.255 e. The van der Waals surface area contributed by atoms with Crippen LogP contribution in [0.15, 0.2) is 21.9 Å². The summed E-state index contributed by atoms with van der Waals surface area (Å²) in [4.78, 5) is 16.1. The molecule has 1 heterocycles. The van der Waals surface area contributed by atoms with Crippen molar-refractivity contribution in [3.05, 3.63) is 33.7 Å². The second-order valence-electron chi connectivity index (χ2n) is 4.84. The van der Waals surface area contributed by atoms with Gasteiger partial charge in [0.25, 0.3) is 5.56 Å². The van der Waals surface area contributed by atoms with Gasteiger partial charge in [0.05, 0.1) is 6.54 Å². The Kier molecular flexibility index (Phi) is 4.95. The zero-order chi connectivity index (χ0) is 13.7. The second-order valence-corrected chi connectivity index (χ2v) is 4.84. The van der Waals surface area contributed by atoms with Crippen LogP contribution in [-0.4, -0.2) is 17.1 Å². The summed E-state index contributed by atoms with van der Waals surface area (Å²) < 4.78 is 1.61. The molecule has 0 saturated heterocycles. The van der Waals surface area contributed by atoms with Gasteiger partial charge in [-0.15, -0.1) is 0 Å². The number of hydrogen-bond acceptors (Lipinski definition) is 2. The Bertz CT molecular complexity index is 488. The van der Waals surface area contributed by atoms with Gasteiger partial charge in [-0.25, -0.2) is 4.99 Å². The highest BCUT2D eigenvalue weighted by atomic mass is 16.1. The smallest absolute Gasteiger partial charge is 0.255 e. The number of aliphatic imine (C=N–C) groups is 1. The van der Waals surface area contributed by atoms with Crippen LogP contribution in [0.25, 0.3) is 0 Å². The molecule has 5 heteroatoms. The molecule has 0 amide bonds. The van der Waals surface area contributed by atoms with Crippen molar-refractivity contribution in [1.29, 1.82) is 0 Å². The molecule has 0 saturated carbocycles. The second kappa shape index (κ2) is 6.23. The van der Waals surface area contributed by atoms with Crippen LogP contribution in [0.2, 0.25) is 0 Å². The zero-order valence-corrected chi connectivity index (χ0v) is 11.5. The van der Waals surface area contributed by atoms with Crippen molar-refractivity contribution in [2.75, 3.05) is 6.54 Å². The lowest BCUT2D eigenvalue weighted by molar-refractivity contribution is 0.621. The standard InChI is InChI=1S/C13H22N4O/c1-9(2)7-15-13(14)16-8-11-6-5-10(3)17(4)12(11)18/h5-6,9H,7-8H2,1-4H3,(H3,14,15,16). The normalized spacial score (nSPS) is 11.9. The summed E-state index contributed by atoms with van der Waals surface area (Å²) in [5.74, 6) is 0.886. The van der Waals surface area contributed by atoms with E-state index in [-0.39, 0.29) is 5.56 Å². The number of nitrogens with zero attached hydrogens (tertiary/aromatic N) is 2. The largest absolute Gasteiger partial charge is 0.370 e. The fourth-order valence-electron chi connectivity index (χ4n) is 1.44. The van der Waals surface area contributed by atoms with Crippen molar-refractivity contribution < 1.29 is 0 Å². The molecular formula is C13H22N4O. The summed E-state index contributed by atoms with van der Waals surface area (Å²) in [7, 11) is 1.76. The Hall–Kier alpha value is -1.78. The van der Waals surface area contributed by atoms with Gasteiger partial charge < -0.3 is 15.6 Å². The minimum absolute atomic E-state index is 0.0181. The van der Waals surface area contributed by atoms with Crippen LogP contribution in [0.4, 0.5) is 0 Å². The van der Waals surface area contributed by atoms with Crippen LogP contribution in [-0.2, 0) is 13.6 Å². The molecule has 5 nitrogen and oxygen atoms in total. The molecule has 0 unspecified atom stereocenters. The average molecular weight is 250 g/mol. The molecule has 0 aliphatic heterocycles. The molecule has 3 N–H and O–H groups in total. The summed E-state index contributed by atoms with van der Waals surface area (Å²) in [6.45, 7) is 7.17. The van der Waals surface area contributed by atoms with E-state index in [1.54, 1.807) is 17.7 Å². The Labute approximate surface area is 108 Å². The molecule has 100 valence electrons. The van der Waals surface area contributed by atoms with Crippen LogP contribution in [0, 0.1) is 12.8 Å². The topological polar surface area (TPSA) is 72.4 Å². The van der Waals surface area contributed by atoms with E-state index in [1.807, 2.05) is 13.0 Å². The molecule has 0 bridgehead atoms. The van der Waals surface area contributed by atoms with Gasteiger partial charge in [-0.2, -0.15) is 0 Å². The third kappa shape index (κ3) is 3.91. The highest BCUT2D eigenvalue weighted by Gasteiger charge is 2.03. The van der Waals surface area contributed by atoms with Crippen LogP contribution >= 0.6 is 0 Å². The van der Waals surface area contributed by atoms with Gasteiger partial charge in [-0.05, 0) is 25.0 Å². The quantitative estimate of drug-likeness (QED) is 0.612. The molecule has 0 aliphatic rings. The molecule has 1 rings (SSSR count). The minimum Gasteiger partial charge on any atom is -0.370 e. The number of rotatable bonds is 4. The Balaban J connectivity index is 2.72. The summed E-state index contributed by atoms with van der Waals surface area (Å²) in [6.07, 6.45) is 0. The first-order valence-electron chi connectivity index (χ1n) is 6.11. The van der Waals surface area contributed by atoms with Crippen LogP contribution in [0.5, 0.6) is 0 Å². The number of pyridine rings is 1. The third-order valence-electron chi connectivity index (χ3n) is 2.75. The number of aromatic nitrogens is 1. The SMILES string of the molecule is Cc1ccc(CN=C(N)NCC(C)C)c(=O)n1C. The number of nitrogens with two attached hydrogens (primary N) is 1. The molecule has 0 fully saturated rings. The number of hydrogen-bond donors (Lipinski definition) is 2. The van der Waals surface area contributed by atoms with Crippen LogP contribution in [0.3, 0.4) is 0 Å². The Morgan fingerprint density at radius 2 is 2.17 bits per heavy atom. The summed E-state index contributed by atoms with van der Waals surface area (Å²) in [6, 6.07) is 3.71. The lowest BCUT2D eigenvalue weighted by Gasteiger charge is -2.08. The zero-order valence-electron chi connectivity index (χ0n) is 11.5. The number of nitrogens with one attached hydrogen (secondary N) is 1. The highest BCUT2D eigenvalue weighted by Crippen LogP contribution is 1.98. The number of aryl methyl sites for hydroxylation is 1. The van der Waals surface area contributed by atoms with Gasteiger partial charge in [0.1, 0.15) is 0 Å². The fourth-order valence-corrected chi connectivity index (χ4v) is 1.44. The van der Waals surface area contributed by atoms with Crippen LogP contribution < -0.4 is 16.6 Å². The molecule has 0 spiro atoms. The van der Waals surface area contributed by atoms with Gasteiger partial charge in [-0.1, -0.05) is 13.8 Å². The Morgan fingerprint density at radius 1 is 1.50 bits per heavy atom. The van der Waals surface area contributed by atoms with Gasteiger partial charge >= 0.3 is 0 Å². The van der Waals surface area contributed by atoms with Gasteiger partial charge in [-0.3, -0.25) is 4.79 Å². The molecule has 0 radical (unpaired) electrons. The van der Waals surface area contributed by atoms with Crippen molar-refractivity contribution in [3.63, 3.8) is 0 Å². The first kappa shape index (κ1) is 14.3. The summed E-state index contributed by atoms with van der Waals surface area (Å²) >= 11 is 0. The molecule has 0 aromatic carbocycles. The fraction of sp³-hybridized carbons (Fsp3) is 0.538. The molecule has 18 heavy (non-hydrogen) atoms. The molecule has 0 aliphatic carbocycles. The predicted octanol–water partition coefficient (Wildman–Crippen LogP) is 0.754. The van der Waals surface area contributed by atoms with Crippen LogP contribution in [0.1, 0.15) is 25.1 Å². The molecule has 0 atom stereocenters. The van der Waals surface area contributed by atoms with E-state index in [0.717, 1.165) is 12.2 Å². The maximum atomic E-state index is 11.9. The van der Waals surface area contributed by atoms with E-state index in [9.17, 15) is 4.79 Å². The summed E-state index contributed by atoms with van der Waals surface area (Å²) in [5.41, 5.74) is 7.28. The van der Waals surface area contributed by atoms with Crippen molar-refractivity contribution in [2.24, 2.45) is 23.7 Å². The summed E-state index contributed by atoms with van der Waals surface area (Å²) in [5, 5.41) is 3.02. The average Bonchev–Trinajstić information content (AvgIpc) is 2.32. The first-order chi connectivity index (χ1) is 8.41.